The van der Waals surface area contributed by atoms with Crippen LogP contribution in [0.4, 0.5) is 0 Å². The van der Waals surface area contributed by atoms with E-state index in [2.05, 4.69) is 12.2 Å². The topological polar surface area (TPSA) is 66.4 Å². The maximum Gasteiger partial charge on any atom is 0.267 e. The third kappa shape index (κ3) is 3.95. The van der Waals surface area contributed by atoms with Crippen LogP contribution in [0.3, 0.4) is 0 Å². The Bertz CT molecular complexity index is 409. The average molecular weight is 303 g/mol. The number of rotatable bonds is 6. The van der Waals surface area contributed by atoms with Crippen LogP contribution in [0.2, 0.25) is 0 Å². The zero-order valence-corrected chi connectivity index (χ0v) is 13.6. The lowest BCUT2D eigenvalue weighted by Crippen LogP contribution is -2.52. The minimum absolute atomic E-state index is 0.201. The van der Waals surface area contributed by atoms with Crippen molar-refractivity contribution in [2.24, 2.45) is 11.8 Å². The minimum Gasteiger partial charge on any atom is -0.311 e. The second-order valence-corrected chi connectivity index (χ2v) is 8.82. The van der Waals surface area contributed by atoms with E-state index in [1.165, 1.54) is 38.5 Å². The molecule has 0 spiro atoms. The van der Waals surface area contributed by atoms with Gasteiger partial charge in [-0.3, -0.25) is 4.55 Å². The molecular weight excluding hydrogens is 274 g/mol. The molecule has 2 unspecified atom stereocenters. The van der Waals surface area contributed by atoms with Crippen molar-refractivity contribution in [2.45, 2.75) is 76.0 Å². The predicted octanol–water partition coefficient (Wildman–Crippen LogP) is 2.99. The molecule has 4 nitrogen and oxygen atoms in total. The lowest BCUT2D eigenvalue weighted by atomic mass is 9.64. The van der Waals surface area contributed by atoms with Crippen molar-refractivity contribution < 1.29 is 13.0 Å². The third-order valence-electron chi connectivity index (χ3n) is 5.49. The zero-order chi connectivity index (χ0) is 14.8. The minimum atomic E-state index is -3.89. The van der Waals surface area contributed by atoms with E-state index >= 15 is 0 Å². The molecule has 2 bridgehead atoms. The molecule has 4 atom stereocenters. The first-order valence-electron chi connectivity index (χ1n) is 8.06. The third-order valence-corrected chi connectivity index (χ3v) is 6.74. The predicted molar refractivity (Wildman–Crippen MR) is 81.3 cm³/mol. The summed E-state index contributed by atoms with van der Waals surface area (Å²) in [5.41, 5.74) is 0.201. The summed E-state index contributed by atoms with van der Waals surface area (Å²) < 4.78 is 31.1. The molecule has 2 N–H and O–H groups in total. The van der Waals surface area contributed by atoms with Crippen LogP contribution >= 0.6 is 0 Å². The van der Waals surface area contributed by atoms with E-state index < -0.39 is 15.4 Å². The second-order valence-electron chi connectivity index (χ2n) is 6.98. The molecule has 0 amide bonds. The Hall–Kier alpha value is -0.130. The van der Waals surface area contributed by atoms with Gasteiger partial charge in [0.2, 0.25) is 0 Å². The Labute approximate surface area is 123 Å². The highest BCUT2D eigenvalue weighted by Gasteiger charge is 2.40. The molecule has 0 aliphatic heterocycles. The summed E-state index contributed by atoms with van der Waals surface area (Å²) in [5, 5.41) is 2.97. The summed E-state index contributed by atoms with van der Waals surface area (Å²) >= 11 is 0. The van der Waals surface area contributed by atoms with E-state index in [1.54, 1.807) is 6.92 Å². The molecule has 2 saturated carbocycles. The van der Waals surface area contributed by atoms with Gasteiger partial charge in [-0.15, -0.1) is 0 Å². The van der Waals surface area contributed by atoms with Crippen LogP contribution in [0, 0.1) is 11.8 Å². The molecule has 0 radical (unpaired) electrons. The van der Waals surface area contributed by atoms with Gasteiger partial charge >= 0.3 is 0 Å². The van der Waals surface area contributed by atoms with E-state index in [1.807, 2.05) is 0 Å². The molecular formula is C15H29NO3S. The highest BCUT2D eigenvalue weighted by molar-refractivity contribution is 7.86. The molecule has 0 aromatic carbocycles. The molecule has 0 saturated heterocycles. The van der Waals surface area contributed by atoms with Crippen molar-refractivity contribution in [3.8, 4) is 0 Å². The van der Waals surface area contributed by atoms with Gasteiger partial charge in [-0.05, 0) is 57.4 Å². The van der Waals surface area contributed by atoms with Crippen molar-refractivity contribution in [2.75, 3.05) is 6.54 Å². The summed E-state index contributed by atoms with van der Waals surface area (Å²) in [6.45, 7) is 4.49. The Balaban J connectivity index is 1.89. The summed E-state index contributed by atoms with van der Waals surface area (Å²) in [5.74, 6) is 1.71. The molecule has 20 heavy (non-hydrogen) atoms. The van der Waals surface area contributed by atoms with Crippen LogP contribution < -0.4 is 5.32 Å². The highest BCUT2D eigenvalue weighted by atomic mass is 32.2. The van der Waals surface area contributed by atoms with E-state index in [9.17, 15) is 8.42 Å². The van der Waals surface area contributed by atoms with Crippen LogP contribution in [0.1, 0.15) is 65.2 Å². The SMILES string of the molecule is CCC1(NCCC(C)S(=O)(=O)O)C[C@@H]2CCC[C@@H](C2)C1. The van der Waals surface area contributed by atoms with Gasteiger partial charge in [0.15, 0.2) is 0 Å². The Morgan fingerprint density at radius 2 is 1.90 bits per heavy atom. The average Bonchev–Trinajstić information content (AvgIpc) is 2.37. The van der Waals surface area contributed by atoms with Gasteiger partial charge in [0.05, 0.1) is 5.25 Å². The molecule has 0 aromatic heterocycles. The highest BCUT2D eigenvalue weighted by Crippen LogP contribution is 2.45. The number of fused-ring (bicyclic) bond motifs is 2. The van der Waals surface area contributed by atoms with Crippen molar-refractivity contribution in [3.05, 3.63) is 0 Å². The quantitative estimate of drug-likeness (QED) is 0.740. The zero-order valence-electron chi connectivity index (χ0n) is 12.8. The Morgan fingerprint density at radius 3 is 2.40 bits per heavy atom. The first kappa shape index (κ1) is 16.2. The molecule has 118 valence electrons. The number of hydrogen-bond acceptors (Lipinski definition) is 3. The molecule has 2 aliphatic rings. The standard InChI is InChI=1S/C15H29NO3S/c1-3-15(16-8-7-12(2)20(17,18)19)10-13-5-4-6-14(9-13)11-15/h12-14,16H,3-11H2,1-2H3,(H,17,18,19)/t12?,13-,14+,15?. The van der Waals surface area contributed by atoms with Crippen molar-refractivity contribution in [1.29, 1.82) is 0 Å². The first-order chi connectivity index (χ1) is 9.35. The van der Waals surface area contributed by atoms with Gasteiger partial charge in [0, 0.05) is 5.54 Å². The molecule has 2 fully saturated rings. The summed E-state index contributed by atoms with van der Waals surface area (Å²) in [7, 11) is -3.89. The monoisotopic (exact) mass is 303 g/mol. The maximum atomic E-state index is 11.1. The van der Waals surface area contributed by atoms with Gasteiger partial charge in [-0.2, -0.15) is 8.42 Å². The summed E-state index contributed by atoms with van der Waals surface area (Å²) in [6.07, 6.45) is 9.57. The van der Waals surface area contributed by atoms with Crippen LogP contribution in [-0.2, 0) is 10.1 Å². The van der Waals surface area contributed by atoms with E-state index in [0.29, 0.717) is 13.0 Å². The van der Waals surface area contributed by atoms with Crippen LogP contribution in [0.5, 0.6) is 0 Å². The first-order valence-corrected chi connectivity index (χ1v) is 9.56. The largest absolute Gasteiger partial charge is 0.311 e. The van der Waals surface area contributed by atoms with Crippen LogP contribution in [0.15, 0.2) is 0 Å². The van der Waals surface area contributed by atoms with E-state index in [4.69, 9.17) is 4.55 Å². The fourth-order valence-electron chi connectivity index (χ4n) is 4.21. The lowest BCUT2D eigenvalue weighted by molar-refractivity contribution is 0.0846. The normalized spacial score (nSPS) is 35.8. The van der Waals surface area contributed by atoms with Gasteiger partial charge < -0.3 is 5.32 Å². The van der Waals surface area contributed by atoms with E-state index in [0.717, 1.165) is 18.3 Å². The molecule has 0 heterocycles. The molecule has 2 aliphatic carbocycles. The fraction of sp³-hybridized carbons (Fsp3) is 1.00. The summed E-state index contributed by atoms with van der Waals surface area (Å²) in [4.78, 5) is 0. The maximum absolute atomic E-state index is 11.1. The van der Waals surface area contributed by atoms with Gasteiger partial charge in [-0.1, -0.05) is 26.2 Å². The fourth-order valence-corrected chi connectivity index (χ4v) is 4.62. The van der Waals surface area contributed by atoms with Crippen molar-refractivity contribution in [1.82, 2.24) is 5.32 Å². The Kier molecular flexibility index (Phi) is 5.14. The number of hydrogen-bond donors (Lipinski definition) is 2. The van der Waals surface area contributed by atoms with Crippen molar-refractivity contribution >= 4 is 10.1 Å². The van der Waals surface area contributed by atoms with Crippen molar-refractivity contribution in [3.63, 3.8) is 0 Å². The molecule has 0 aromatic rings. The summed E-state index contributed by atoms with van der Waals surface area (Å²) in [6, 6.07) is 0. The van der Waals surface area contributed by atoms with Gasteiger partial charge in [0.1, 0.15) is 0 Å². The van der Waals surface area contributed by atoms with Gasteiger partial charge in [-0.25, -0.2) is 0 Å². The van der Waals surface area contributed by atoms with Crippen LogP contribution in [0.25, 0.3) is 0 Å². The van der Waals surface area contributed by atoms with E-state index in [-0.39, 0.29) is 5.54 Å². The molecule has 5 heteroatoms. The lowest BCUT2D eigenvalue weighted by Gasteiger charge is -2.48. The van der Waals surface area contributed by atoms with Crippen LogP contribution in [-0.4, -0.2) is 30.3 Å². The van der Waals surface area contributed by atoms with Gasteiger partial charge in [0.25, 0.3) is 10.1 Å². The Morgan fingerprint density at radius 1 is 1.30 bits per heavy atom. The molecule has 2 rings (SSSR count). The second kappa shape index (κ2) is 6.32. The number of nitrogens with one attached hydrogen (secondary N) is 1. The smallest absolute Gasteiger partial charge is 0.267 e.